The van der Waals surface area contributed by atoms with E-state index in [0.717, 1.165) is 31.9 Å². The first-order valence-electron chi connectivity index (χ1n) is 7.21. The number of aromatic nitrogens is 1. The van der Waals surface area contributed by atoms with Gasteiger partial charge in [-0.1, -0.05) is 0 Å². The van der Waals surface area contributed by atoms with Crippen molar-refractivity contribution in [3.05, 3.63) is 15.6 Å². The molecular formula is C14H23N3OS. The molecule has 3 heterocycles. The summed E-state index contributed by atoms with van der Waals surface area (Å²) in [4.78, 5) is 8.47. The largest absolute Gasteiger partial charge is 0.374 e. The Balaban J connectivity index is 1.42. The lowest BCUT2D eigenvalue weighted by molar-refractivity contribution is -0.0470. The van der Waals surface area contributed by atoms with E-state index >= 15 is 0 Å². The molecule has 1 aromatic rings. The zero-order chi connectivity index (χ0) is 13.2. The third kappa shape index (κ3) is 3.16. The van der Waals surface area contributed by atoms with Gasteiger partial charge in [-0.25, -0.2) is 4.98 Å². The van der Waals surface area contributed by atoms with Gasteiger partial charge in [-0.15, -0.1) is 11.3 Å². The lowest BCUT2D eigenvalue weighted by Gasteiger charge is -2.35. The molecule has 0 aliphatic carbocycles. The average molecular weight is 281 g/mol. The third-order valence-corrected chi connectivity index (χ3v) is 5.26. The fraction of sp³-hybridized carbons (Fsp3) is 0.786. The quantitative estimate of drug-likeness (QED) is 0.912. The summed E-state index contributed by atoms with van der Waals surface area (Å²) >= 11 is 1.79. The van der Waals surface area contributed by atoms with Gasteiger partial charge in [0.25, 0.3) is 0 Å². The standard InChI is InChI=1S/C14H23N3OS/c1-10-11(2)19-14(16-10)7-15-6-13-8-17-5-3-4-12(17)9-18-13/h12-13,15H,3-9H2,1-2H3. The minimum atomic E-state index is 0.344. The van der Waals surface area contributed by atoms with Gasteiger partial charge in [0.2, 0.25) is 0 Å². The molecule has 0 spiro atoms. The van der Waals surface area contributed by atoms with Crippen LogP contribution in [0.3, 0.4) is 0 Å². The molecule has 0 radical (unpaired) electrons. The predicted molar refractivity (Wildman–Crippen MR) is 77.6 cm³/mol. The highest BCUT2D eigenvalue weighted by atomic mass is 32.1. The molecule has 2 aliphatic rings. The summed E-state index contributed by atoms with van der Waals surface area (Å²) in [6.45, 7) is 9.27. The lowest BCUT2D eigenvalue weighted by Crippen LogP contribution is -2.49. The second-order valence-electron chi connectivity index (χ2n) is 5.63. The summed E-state index contributed by atoms with van der Waals surface area (Å²) in [7, 11) is 0. The van der Waals surface area contributed by atoms with Crippen molar-refractivity contribution in [1.82, 2.24) is 15.2 Å². The molecule has 2 saturated heterocycles. The van der Waals surface area contributed by atoms with Crippen LogP contribution in [-0.4, -0.2) is 48.3 Å². The van der Waals surface area contributed by atoms with Crippen molar-refractivity contribution in [3.8, 4) is 0 Å². The van der Waals surface area contributed by atoms with E-state index in [1.165, 1.54) is 29.3 Å². The van der Waals surface area contributed by atoms with Crippen molar-refractivity contribution in [3.63, 3.8) is 0 Å². The summed E-state index contributed by atoms with van der Waals surface area (Å²) in [5.41, 5.74) is 1.16. The van der Waals surface area contributed by atoms with Gasteiger partial charge in [0, 0.05) is 30.6 Å². The van der Waals surface area contributed by atoms with Crippen LogP contribution < -0.4 is 5.32 Å². The average Bonchev–Trinajstić information content (AvgIpc) is 2.96. The molecule has 19 heavy (non-hydrogen) atoms. The van der Waals surface area contributed by atoms with Gasteiger partial charge in [0.15, 0.2) is 0 Å². The van der Waals surface area contributed by atoms with E-state index in [1.54, 1.807) is 11.3 Å². The van der Waals surface area contributed by atoms with E-state index in [2.05, 4.69) is 29.0 Å². The molecule has 3 rings (SSSR count). The van der Waals surface area contributed by atoms with E-state index in [9.17, 15) is 0 Å². The first kappa shape index (κ1) is 13.5. The highest BCUT2D eigenvalue weighted by molar-refractivity contribution is 7.11. The number of rotatable bonds is 4. The van der Waals surface area contributed by atoms with Crippen molar-refractivity contribution in [2.45, 2.75) is 45.4 Å². The van der Waals surface area contributed by atoms with Crippen molar-refractivity contribution in [2.24, 2.45) is 0 Å². The van der Waals surface area contributed by atoms with Gasteiger partial charge in [0.1, 0.15) is 5.01 Å². The minimum Gasteiger partial charge on any atom is -0.374 e. The molecular weight excluding hydrogens is 258 g/mol. The normalized spacial score (nSPS) is 27.7. The van der Waals surface area contributed by atoms with E-state index < -0.39 is 0 Å². The molecule has 1 aromatic heterocycles. The van der Waals surface area contributed by atoms with E-state index in [0.29, 0.717) is 12.1 Å². The maximum absolute atomic E-state index is 5.94. The fourth-order valence-corrected chi connectivity index (χ4v) is 3.87. The minimum absolute atomic E-state index is 0.344. The number of nitrogens with zero attached hydrogens (tertiary/aromatic N) is 2. The molecule has 2 atom stereocenters. The number of fused-ring (bicyclic) bond motifs is 1. The van der Waals surface area contributed by atoms with E-state index in [1.807, 2.05) is 0 Å². The SMILES string of the molecule is Cc1nc(CNCC2CN3CCCC3CO2)sc1C. The maximum atomic E-state index is 5.94. The first-order valence-corrected chi connectivity index (χ1v) is 8.03. The van der Waals surface area contributed by atoms with Crippen LogP contribution in [0.1, 0.15) is 28.4 Å². The van der Waals surface area contributed by atoms with Gasteiger partial charge < -0.3 is 10.1 Å². The van der Waals surface area contributed by atoms with Crippen LogP contribution in [0, 0.1) is 13.8 Å². The zero-order valence-electron chi connectivity index (χ0n) is 11.8. The first-order chi connectivity index (χ1) is 9.22. The van der Waals surface area contributed by atoms with Gasteiger partial charge in [-0.2, -0.15) is 0 Å². The van der Waals surface area contributed by atoms with Crippen molar-refractivity contribution >= 4 is 11.3 Å². The number of ether oxygens (including phenoxy) is 1. The number of thiazole rings is 1. The van der Waals surface area contributed by atoms with E-state index in [-0.39, 0.29) is 0 Å². The fourth-order valence-electron chi connectivity index (χ4n) is 2.96. The van der Waals surface area contributed by atoms with Gasteiger partial charge in [0.05, 0.1) is 18.4 Å². The number of aryl methyl sites for hydroxylation is 2. The predicted octanol–water partition coefficient (Wildman–Crippen LogP) is 1.71. The maximum Gasteiger partial charge on any atom is 0.107 e. The molecule has 0 amide bonds. The monoisotopic (exact) mass is 281 g/mol. The molecule has 4 nitrogen and oxygen atoms in total. The Morgan fingerprint density at radius 3 is 3.16 bits per heavy atom. The summed E-state index contributed by atoms with van der Waals surface area (Å²) < 4.78 is 5.94. The summed E-state index contributed by atoms with van der Waals surface area (Å²) in [6, 6.07) is 0.695. The molecule has 2 fully saturated rings. The van der Waals surface area contributed by atoms with Crippen molar-refractivity contribution in [2.75, 3.05) is 26.2 Å². The van der Waals surface area contributed by atoms with Crippen LogP contribution in [0.4, 0.5) is 0 Å². The van der Waals surface area contributed by atoms with Gasteiger partial charge in [-0.05, 0) is 33.2 Å². The molecule has 2 aliphatic heterocycles. The van der Waals surface area contributed by atoms with Crippen molar-refractivity contribution in [1.29, 1.82) is 0 Å². The van der Waals surface area contributed by atoms with Crippen LogP contribution in [0.15, 0.2) is 0 Å². The van der Waals surface area contributed by atoms with Gasteiger partial charge in [-0.3, -0.25) is 4.90 Å². The second kappa shape index (κ2) is 5.87. The zero-order valence-corrected chi connectivity index (χ0v) is 12.6. The lowest BCUT2D eigenvalue weighted by atomic mass is 10.2. The molecule has 2 unspecified atom stereocenters. The van der Waals surface area contributed by atoms with Crippen LogP contribution in [0.2, 0.25) is 0 Å². The topological polar surface area (TPSA) is 37.4 Å². The summed E-state index contributed by atoms with van der Waals surface area (Å²) in [5, 5.41) is 4.67. The summed E-state index contributed by atoms with van der Waals surface area (Å²) in [5.74, 6) is 0. The Labute approximate surface area is 119 Å². The highest BCUT2D eigenvalue weighted by Crippen LogP contribution is 2.22. The Bertz CT molecular complexity index is 415. The highest BCUT2D eigenvalue weighted by Gasteiger charge is 2.31. The summed E-state index contributed by atoms with van der Waals surface area (Å²) in [6.07, 6.45) is 3.00. The molecule has 0 saturated carbocycles. The van der Waals surface area contributed by atoms with Crippen LogP contribution in [0.5, 0.6) is 0 Å². The molecule has 0 aromatic carbocycles. The Hall–Kier alpha value is -0.490. The Morgan fingerprint density at radius 1 is 1.47 bits per heavy atom. The molecule has 1 N–H and O–H groups in total. The third-order valence-electron chi connectivity index (χ3n) is 4.18. The number of morpholine rings is 1. The second-order valence-corrected chi connectivity index (χ2v) is 6.91. The van der Waals surface area contributed by atoms with Crippen LogP contribution in [-0.2, 0) is 11.3 Å². The van der Waals surface area contributed by atoms with Crippen LogP contribution in [0.25, 0.3) is 0 Å². The Morgan fingerprint density at radius 2 is 2.37 bits per heavy atom. The van der Waals surface area contributed by atoms with E-state index in [4.69, 9.17) is 4.74 Å². The smallest absolute Gasteiger partial charge is 0.107 e. The Kier molecular flexibility index (Phi) is 4.17. The molecule has 0 bridgehead atoms. The number of nitrogens with one attached hydrogen (secondary N) is 1. The molecule has 106 valence electrons. The van der Waals surface area contributed by atoms with Crippen LogP contribution >= 0.6 is 11.3 Å². The number of hydrogen-bond donors (Lipinski definition) is 1. The molecule has 5 heteroatoms. The van der Waals surface area contributed by atoms with Crippen molar-refractivity contribution < 1.29 is 4.74 Å². The number of hydrogen-bond acceptors (Lipinski definition) is 5. The van der Waals surface area contributed by atoms with Gasteiger partial charge >= 0.3 is 0 Å².